The lowest BCUT2D eigenvalue weighted by molar-refractivity contribution is -0.119. The van der Waals surface area contributed by atoms with Crippen molar-refractivity contribution >= 4 is 28.3 Å². The number of alkyl halides is 2. The third-order valence-electron chi connectivity index (χ3n) is 4.04. The first-order valence-corrected chi connectivity index (χ1v) is 8.56. The molecule has 0 aliphatic heterocycles. The zero-order chi connectivity index (χ0) is 20.8. The predicted octanol–water partition coefficient (Wildman–Crippen LogP) is 4.25. The van der Waals surface area contributed by atoms with Gasteiger partial charge in [0.15, 0.2) is 6.61 Å². The van der Waals surface area contributed by atoms with Gasteiger partial charge in [-0.2, -0.15) is 8.78 Å². The number of hydrogen-bond acceptors (Lipinski definition) is 5. The summed E-state index contributed by atoms with van der Waals surface area (Å²) in [6.07, 6.45) is 0. The quantitative estimate of drug-likeness (QED) is 0.600. The van der Waals surface area contributed by atoms with Gasteiger partial charge < -0.3 is 19.5 Å². The molecule has 0 saturated carbocycles. The molecule has 0 atom stereocenters. The first-order chi connectivity index (χ1) is 14.0. The van der Waals surface area contributed by atoms with E-state index >= 15 is 0 Å². The van der Waals surface area contributed by atoms with Crippen molar-refractivity contribution in [3.05, 3.63) is 66.2 Å². The lowest BCUT2D eigenvalue weighted by Crippen LogP contribution is -2.21. The van der Waals surface area contributed by atoms with Crippen molar-refractivity contribution in [3.63, 3.8) is 0 Å². The molecule has 3 rings (SSSR count). The van der Waals surface area contributed by atoms with Gasteiger partial charge in [0.05, 0.1) is 18.4 Å². The summed E-state index contributed by atoms with van der Waals surface area (Å²) in [5.74, 6) is -0.980. The van der Waals surface area contributed by atoms with Gasteiger partial charge in [0.1, 0.15) is 11.5 Å². The number of fused-ring (bicyclic) bond motifs is 1. The van der Waals surface area contributed by atoms with Crippen molar-refractivity contribution < 1.29 is 32.6 Å². The minimum absolute atomic E-state index is 0.0451. The molecule has 0 unspecified atom stereocenters. The van der Waals surface area contributed by atoms with Gasteiger partial charge in [0.25, 0.3) is 5.91 Å². The van der Waals surface area contributed by atoms with Crippen LogP contribution in [0.3, 0.4) is 0 Å². The van der Waals surface area contributed by atoms with Crippen molar-refractivity contribution in [2.75, 3.05) is 19.0 Å². The van der Waals surface area contributed by atoms with Crippen molar-refractivity contribution in [1.29, 1.82) is 0 Å². The van der Waals surface area contributed by atoms with E-state index in [0.717, 1.165) is 5.39 Å². The zero-order valence-electron chi connectivity index (χ0n) is 15.4. The topological polar surface area (TPSA) is 73.9 Å². The highest BCUT2D eigenvalue weighted by molar-refractivity contribution is 6.07. The average Bonchev–Trinajstić information content (AvgIpc) is 2.72. The van der Waals surface area contributed by atoms with E-state index in [1.807, 2.05) is 6.07 Å². The number of hydrogen-bond donors (Lipinski definition) is 1. The Morgan fingerprint density at radius 3 is 2.34 bits per heavy atom. The van der Waals surface area contributed by atoms with Crippen LogP contribution in [0.25, 0.3) is 10.8 Å². The number of ether oxygens (including phenoxy) is 3. The molecule has 0 fully saturated rings. The molecule has 0 saturated heterocycles. The van der Waals surface area contributed by atoms with Crippen LogP contribution in [0.15, 0.2) is 60.7 Å². The summed E-state index contributed by atoms with van der Waals surface area (Å²) in [6.45, 7) is -3.63. The Morgan fingerprint density at radius 2 is 1.62 bits per heavy atom. The fourth-order valence-corrected chi connectivity index (χ4v) is 2.79. The maximum atomic E-state index is 12.5. The number of methoxy groups -OCH3 is 1. The number of benzene rings is 3. The Morgan fingerprint density at radius 1 is 0.931 bits per heavy atom. The number of carbonyl (C=O) groups is 2. The molecule has 1 N–H and O–H groups in total. The molecular formula is C21H17F2NO5. The van der Waals surface area contributed by atoms with E-state index in [1.54, 1.807) is 36.4 Å². The predicted molar refractivity (Wildman–Crippen MR) is 102 cm³/mol. The molecule has 3 aromatic carbocycles. The van der Waals surface area contributed by atoms with Crippen molar-refractivity contribution in [3.8, 4) is 11.5 Å². The van der Waals surface area contributed by atoms with Crippen LogP contribution in [0.2, 0.25) is 0 Å². The fourth-order valence-electron chi connectivity index (χ4n) is 2.79. The molecule has 0 aliphatic carbocycles. The molecule has 0 bridgehead atoms. The van der Waals surface area contributed by atoms with Gasteiger partial charge in [-0.1, -0.05) is 36.4 Å². The average molecular weight is 401 g/mol. The van der Waals surface area contributed by atoms with E-state index in [2.05, 4.69) is 10.1 Å². The Balaban J connectivity index is 1.69. The lowest BCUT2D eigenvalue weighted by atomic mass is 10.0. The highest BCUT2D eigenvalue weighted by atomic mass is 19.3. The third-order valence-corrected chi connectivity index (χ3v) is 4.04. The van der Waals surface area contributed by atoms with Crippen LogP contribution in [0.1, 0.15) is 10.4 Å². The van der Waals surface area contributed by atoms with Crippen LogP contribution >= 0.6 is 0 Å². The molecule has 0 radical (unpaired) electrons. The maximum Gasteiger partial charge on any atom is 0.387 e. The van der Waals surface area contributed by atoms with Gasteiger partial charge in [-0.25, -0.2) is 4.79 Å². The summed E-state index contributed by atoms with van der Waals surface area (Å²) in [7, 11) is 1.53. The number of carbonyl (C=O) groups excluding carboxylic acids is 2. The van der Waals surface area contributed by atoms with Gasteiger partial charge in [-0.15, -0.1) is 0 Å². The SMILES string of the molecule is COc1ccc(C(=O)OCC(=O)Nc2ccccc2OC(F)F)c2ccccc12. The third kappa shape index (κ3) is 4.78. The monoisotopic (exact) mass is 401 g/mol. The molecule has 3 aromatic rings. The van der Waals surface area contributed by atoms with E-state index in [1.165, 1.54) is 25.3 Å². The van der Waals surface area contributed by atoms with Crippen molar-refractivity contribution in [2.24, 2.45) is 0 Å². The minimum atomic E-state index is -3.03. The first-order valence-electron chi connectivity index (χ1n) is 8.56. The number of nitrogens with one attached hydrogen (secondary N) is 1. The van der Waals surface area contributed by atoms with E-state index in [-0.39, 0.29) is 17.0 Å². The summed E-state index contributed by atoms with van der Waals surface area (Å²) in [5.41, 5.74) is 0.319. The number of para-hydroxylation sites is 2. The van der Waals surface area contributed by atoms with Crippen LogP contribution in [-0.2, 0) is 9.53 Å². The Hall–Kier alpha value is -3.68. The van der Waals surface area contributed by atoms with Gasteiger partial charge in [-0.05, 0) is 29.7 Å². The molecule has 150 valence electrons. The normalized spacial score (nSPS) is 10.6. The second-order valence-corrected chi connectivity index (χ2v) is 5.86. The molecule has 6 nitrogen and oxygen atoms in total. The second kappa shape index (κ2) is 9.01. The Kier molecular flexibility index (Phi) is 6.23. The van der Waals surface area contributed by atoms with E-state index in [4.69, 9.17) is 9.47 Å². The lowest BCUT2D eigenvalue weighted by Gasteiger charge is -2.12. The Labute approximate surface area is 165 Å². The molecular weight excluding hydrogens is 384 g/mol. The Bertz CT molecular complexity index is 1040. The van der Waals surface area contributed by atoms with Crippen LogP contribution in [0.4, 0.5) is 14.5 Å². The second-order valence-electron chi connectivity index (χ2n) is 5.86. The van der Waals surface area contributed by atoms with Crippen LogP contribution < -0.4 is 14.8 Å². The molecule has 0 aliphatic rings. The van der Waals surface area contributed by atoms with Gasteiger partial charge in [-0.3, -0.25) is 4.79 Å². The number of esters is 1. The summed E-state index contributed by atoms with van der Waals surface area (Å²) in [4.78, 5) is 24.6. The summed E-state index contributed by atoms with van der Waals surface area (Å²) < 4.78 is 39.6. The molecule has 0 heterocycles. The fraction of sp³-hybridized carbons (Fsp3) is 0.143. The van der Waals surface area contributed by atoms with E-state index in [9.17, 15) is 18.4 Å². The molecule has 8 heteroatoms. The number of halogens is 2. The van der Waals surface area contributed by atoms with Crippen molar-refractivity contribution in [2.45, 2.75) is 6.61 Å². The summed E-state index contributed by atoms with van der Waals surface area (Å²) >= 11 is 0. The van der Waals surface area contributed by atoms with Crippen LogP contribution in [0, 0.1) is 0 Å². The number of rotatable bonds is 7. The maximum absolute atomic E-state index is 12.5. The van der Waals surface area contributed by atoms with Gasteiger partial charge in [0, 0.05) is 5.39 Å². The van der Waals surface area contributed by atoms with Crippen molar-refractivity contribution in [1.82, 2.24) is 0 Å². The largest absolute Gasteiger partial charge is 0.496 e. The molecule has 29 heavy (non-hydrogen) atoms. The van der Waals surface area contributed by atoms with Crippen LogP contribution in [-0.4, -0.2) is 32.2 Å². The standard InChI is InChI=1S/C21H17F2NO5/c1-27-17-11-10-15(13-6-2-3-7-14(13)17)20(26)28-12-19(25)24-16-8-4-5-9-18(16)29-21(22)23/h2-11,21H,12H2,1H3,(H,24,25). The van der Waals surface area contributed by atoms with Gasteiger partial charge >= 0.3 is 12.6 Å². The summed E-state index contributed by atoms with van der Waals surface area (Å²) in [5, 5.41) is 3.73. The van der Waals surface area contributed by atoms with Gasteiger partial charge in [0.2, 0.25) is 0 Å². The summed E-state index contributed by atoms with van der Waals surface area (Å²) in [6, 6.07) is 16.0. The molecule has 1 amide bonds. The van der Waals surface area contributed by atoms with E-state index < -0.39 is 25.1 Å². The molecule has 0 aromatic heterocycles. The first kappa shape index (κ1) is 20.1. The van der Waals surface area contributed by atoms with Crippen LogP contribution in [0.5, 0.6) is 11.5 Å². The van der Waals surface area contributed by atoms with E-state index in [0.29, 0.717) is 11.1 Å². The minimum Gasteiger partial charge on any atom is -0.496 e. The number of amides is 1. The zero-order valence-corrected chi connectivity index (χ0v) is 15.4. The smallest absolute Gasteiger partial charge is 0.387 e. The highest BCUT2D eigenvalue weighted by Crippen LogP contribution is 2.29. The number of anilines is 1. The molecule has 0 spiro atoms. The highest BCUT2D eigenvalue weighted by Gasteiger charge is 2.17.